The van der Waals surface area contributed by atoms with Crippen molar-refractivity contribution in [3.63, 3.8) is 0 Å². The van der Waals surface area contributed by atoms with Crippen molar-refractivity contribution in [3.05, 3.63) is 0 Å². The summed E-state index contributed by atoms with van der Waals surface area (Å²) in [6.07, 6.45) is 0. The zero-order valence-corrected chi connectivity index (χ0v) is 12.2. The zero-order valence-electron chi connectivity index (χ0n) is 5.05. The number of hydrogen-bond donors (Lipinski definition) is 1. The van der Waals surface area contributed by atoms with Gasteiger partial charge in [-0.25, -0.2) is 0 Å². The maximum absolute atomic E-state index is 0. The molecule has 0 heterocycles. The molecule has 0 fully saturated rings. The molecule has 0 saturated heterocycles. The van der Waals surface area contributed by atoms with Crippen molar-refractivity contribution >= 4 is 0 Å². The summed E-state index contributed by atoms with van der Waals surface area (Å²) in [6.45, 7) is 0. The van der Waals surface area contributed by atoms with E-state index in [1.54, 1.807) is 0 Å². The van der Waals surface area contributed by atoms with Crippen LogP contribution in [0.15, 0.2) is 0 Å². The maximum atomic E-state index is 0. The van der Waals surface area contributed by atoms with Crippen LogP contribution in [0.1, 0.15) is 0 Å². The average Bonchev–Trinajstić information content (AvgIpc) is 0. The first-order valence-corrected chi connectivity index (χ1v) is 0. The van der Waals surface area contributed by atoms with Crippen LogP contribution in [0.3, 0.4) is 0 Å². The van der Waals surface area contributed by atoms with E-state index in [0.29, 0.717) is 0 Å². The molecule has 6 N–H and O–H groups in total. The van der Waals surface area contributed by atoms with E-state index >= 15 is 0 Å². The van der Waals surface area contributed by atoms with E-state index in [1.165, 1.54) is 0 Å². The van der Waals surface area contributed by atoms with Crippen molar-refractivity contribution in [3.8, 4) is 0 Å². The zero-order chi connectivity index (χ0) is 0. The molecule has 0 spiro atoms. The molecule has 0 atom stereocenters. The molecule has 0 aliphatic heterocycles. The predicted molar refractivity (Wildman–Crippen MR) is 10.8 cm³/mol. The fraction of sp³-hybridized carbons (Fsp3) is 0. The van der Waals surface area contributed by atoms with Crippen LogP contribution in [0.4, 0.5) is 0 Å². The van der Waals surface area contributed by atoms with E-state index < -0.39 is 0 Å². The molecule has 7 heavy (non-hydrogen) atoms. The molecule has 0 aromatic heterocycles. The second kappa shape index (κ2) is 56.3. The molecule has 0 rings (SSSR count). The van der Waals surface area contributed by atoms with Gasteiger partial charge >= 0.3 is 110 Å². The van der Waals surface area contributed by atoms with Gasteiger partial charge in [-0.05, 0) is 0 Å². The van der Waals surface area contributed by atoms with Gasteiger partial charge in [0.1, 0.15) is 0 Å². The second-order valence-electron chi connectivity index (χ2n) is 0. The summed E-state index contributed by atoms with van der Waals surface area (Å²) in [5, 5.41) is 0. The molecule has 7 heteroatoms. The Morgan fingerprint density at radius 2 is 0.571 bits per heavy atom. The van der Waals surface area contributed by atoms with E-state index in [1.807, 2.05) is 0 Å². The van der Waals surface area contributed by atoms with Gasteiger partial charge in [-0.3, -0.25) is 0 Å². The summed E-state index contributed by atoms with van der Waals surface area (Å²) in [6, 6.07) is 0. The van der Waals surface area contributed by atoms with Gasteiger partial charge in [0.2, 0.25) is 0 Å². The monoisotopic (exact) mass is 153 g/mol. The van der Waals surface area contributed by atoms with Gasteiger partial charge in [-0.15, -0.1) is 0 Å². The smallest absolute Gasteiger partial charge is 0.870 e. The minimum absolute atomic E-state index is 0. The number of hydrogen-bond acceptors (Lipinski definition) is 4. The van der Waals surface area contributed by atoms with Gasteiger partial charge < -0.3 is 22.6 Å². The van der Waals surface area contributed by atoms with Gasteiger partial charge in [0.15, 0.2) is 0 Å². The SMILES string of the molecule is N.[K+].[Na+].[Na+].[OH-].[OH-].[OH-]. The Morgan fingerprint density at radius 3 is 0.571 bits per heavy atom. The minimum atomic E-state index is 0. The summed E-state index contributed by atoms with van der Waals surface area (Å²) in [7, 11) is 0. The Labute approximate surface area is 130 Å². The molecule has 0 aromatic carbocycles. The Hall–Kier alpha value is 3.48. The maximum Gasteiger partial charge on any atom is 1.00 e. The fourth-order valence-electron chi connectivity index (χ4n) is 0. The van der Waals surface area contributed by atoms with Crippen LogP contribution in [-0.4, -0.2) is 16.4 Å². The predicted octanol–water partition coefficient (Wildman–Crippen LogP) is -9.36. The molecular formula is H6KNNa2O3. The Balaban J connectivity index is 0. The van der Waals surface area contributed by atoms with Crippen LogP contribution in [0, 0.1) is 0 Å². The topological polar surface area (TPSA) is 125 Å². The van der Waals surface area contributed by atoms with Crippen molar-refractivity contribution in [2.24, 2.45) is 0 Å². The molecule has 0 aliphatic carbocycles. The third-order valence-electron chi connectivity index (χ3n) is 0. The van der Waals surface area contributed by atoms with Crippen LogP contribution in [0.2, 0.25) is 0 Å². The molecule has 0 aromatic rings. The summed E-state index contributed by atoms with van der Waals surface area (Å²) in [5.74, 6) is 0. The minimum Gasteiger partial charge on any atom is -0.870 e. The summed E-state index contributed by atoms with van der Waals surface area (Å²) in [5.41, 5.74) is 0. The van der Waals surface area contributed by atoms with E-state index in [0.717, 1.165) is 0 Å². The van der Waals surface area contributed by atoms with Crippen molar-refractivity contribution in [2.75, 3.05) is 0 Å². The van der Waals surface area contributed by atoms with Gasteiger partial charge in [0.05, 0.1) is 0 Å². The van der Waals surface area contributed by atoms with Crippen LogP contribution in [-0.2, 0) is 0 Å². The van der Waals surface area contributed by atoms with Gasteiger partial charge in [-0.2, -0.15) is 0 Å². The van der Waals surface area contributed by atoms with Crippen molar-refractivity contribution < 1.29 is 127 Å². The van der Waals surface area contributed by atoms with Crippen LogP contribution in [0.25, 0.3) is 0 Å². The quantitative estimate of drug-likeness (QED) is 0.347. The van der Waals surface area contributed by atoms with Crippen molar-refractivity contribution in [2.45, 2.75) is 0 Å². The Kier molecular flexibility index (Phi) is 627. The van der Waals surface area contributed by atoms with E-state index in [9.17, 15) is 0 Å². The molecule has 4 nitrogen and oxygen atoms in total. The summed E-state index contributed by atoms with van der Waals surface area (Å²) >= 11 is 0. The Morgan fingerprint density at radius 1 is 0.571 bits per heavy atom. The molecule has 0 radical (unpaired) electrons. The molecular weight excluding hydrogens is 147 g/mol. The first kappa shape index (κ1) is 77.8. The molecule has 0 unspecified atom stereocenters. The summed E-state index contributed by atoms with van der Waals surface area (Å²) < 4.78 is 0. The van der Waals surface area contributed by atoms with Gasteiger partial charge in [0, 0.05) is 0 Å². The summed E-state index contributed by atoms with van der Waals surface area (Å²) in [4.78, 5) is 0. The fourth-order valence-corrected chi connectivity index (χ4v) is 0. The van der Waals surface area contributed by atoms with Crippen LogP contribution < -0.4 is 117 Å². The van der Waals surface area contributed by atoms with E-state index in [-0.39, 0.29) is 133 Å². The molecule has 0 aliphatic rings. The molecule has 0 amide bonds. The third-order valence-corrected chi connectivity index (χ3v) is 0. The molecule has 0 bridgehead atoms. The second-order valence-corrected chi connectivity index (χ2v) is 0. The van der Waals surface area contributed by atoms with Gasteiger partial charge in [0.25, 0.3) is 0 Å². The van der Waals surface area contributed by atoms with Crippen molar-refractivity contribution in [1.29, 1.82) is 0 Å². The standard InChI is InChI=1S/K.H3N.2Na.3H2O/h;1H3;;;3*1H2/q+1;;2*+1;;;/p-3. The molecule has 0 saturated carbocycles. The van der Waals surface area contributed by atoms with Crippen molar-refractivity contribution in [1.82, 2.24) is 6.15 Å². The number of rotatable bonds is 0. The Bertz CT molecular complexity index is 12.9. The van der Waals surface area contributed by atoms with E-state index in [2.05, 4.69) is 0 Å². The molecule has 32 valence electrons. The largest absolute Gasteiger partial charge is 1.00 e. The normalized spacial score (nSPS) is 0. The van der Waals surface area contributed by atoms with Crippen LogP contribution in [0.5, 0.6) is 0 Å². The van der Waals surface area contributed by atoms with Gasteiger partial charge in [-0.1, -0.05) is 0 Å². The first-order valence-electron chi connectivity index (χ1n) is 0. The van der Waals surface area contributed by atoms with Crippen LogP contribution >= 0.6 is 0 Å². The third kappa shape index (κ3) is 43.8. The first-order chi connectivity index (χ1) is 0. The van der Waals surface area contributed by atoms with E-state index in [4.69, 9.17) is 0 Å². The average molecular weight is 153 g/mol.